The largest absolute Gasteiger partial charge is 0.367 e. The molecule has 7 heteroatoms. The number of hydrogen-bond donors (Lipinski definition) is 1. The zero-order chi connectivity index (χ0) is 13.9. The van der Waals surface area contributed by atoms with Crippen LogP contribution in [0.3, 0.4) is 0 Å². The second kappa shape index (κ2) is 5.75. The lowest BCUT2D eigenvalue weighted by atomic mass is 10.3. The van der Waals surface area contributed by atoms with E-state index in [0.29, 0.717) is 38.2 Å². The van der Waals surface area contributed by atoms with Gasteiger partial charge in [-0.25, -0.2) is 12.7 Å². The predicted molar refractivity (Wildman–Crippen MR) is 72.3 cm³/mol. The molecule has 1 saturated heterocycles. The first-order valence-corrected chi connectivity index (χ1v) is 8.05. The molecule has 1 fully saturated rings. The van der Waals surface area contributed by atoms with Gasteiger partial charge in [-0.1, -0.05) is 0 Å². The van der Waals surface area contributed by atoms with E-state index in [1.54, 1.807) is 30.3 Å². The minimum Gasteiger partial charge on any atom is -0.367 e. The zero-order valence-electron chi connectivity index (χ0n) is 11.0. The van der Waals surface area contributed by atoms with Crippen molar-refractivity contribution in [1.82, 2.24) is 14.2 Å². The van der Waals surface area contributed by atoms with Gasteiger partial charge in [0.25, 0.3) is 5.91 Å². The number of sulfonamides is 1. The number of rotatable bonds is 3. The predicted octanol–water partition coefficient (Wildman–Crippen LogP) is 0.512. The molecule has 0 aromatic carbocycles. The maximum absolute atomic E-state index is 12.2. The van der Waals surface area contributed by atoms with Gasteiger partial charge in [-0.3, -0.25) is 4.79 Å². The van der Waals surface area contributed by atoms with Gasteiger partial charge < -0.3 is 9.88 Å². The third-order valence-electron chi connectivity index (χ3n) is 3.35. The van der Waals surface area contributed by atoms with E-state index in [0.717, 1.165) is 0 Å². The van der Waals surface area contributed by atoms with Crippen LogP contribution in [0.5, 0.6) is 0 Å². The summed E-state index contributed by atoms with van der Waals surface area (Å²) >= 11 is 0. The maximum atomic E-state index is 12.2. The topological polar surface area (TPSA) is 73.5 Å². The van der Waals surface area contributed by atoms with Gasteiger partial charge >= 0.3 is 0 Å². The Morgan fingerprint density at radius 2 is 2.11 bits per heavy atom. The highest BCUT2D eigenvalue weighted by Gasteiger charge is 2.25. The third-order valence-corrected chi connectivity index (χ3v) is 5.23. The molecule has 1 aromatic rings. The molecule has 0 atom stereocenters. The van der Waals surface area contributed by atoms with Crippen LogP contribution in [-0.2, 0) is 10.0 Å². The Hall–Kier alpha value is -1.34. The van der Waals surface area contributed by atoms with Crippen LogP contribution in [0.15, 0.2) is 18.5 Å². The van der Waals surface area contributed by atoms with Crippen LogP contribution in [-0.4, -0.2) is 60.4 Å². The first kappa shape index (κ1) is 14.1. The Kier molecular flexibility index (Phi) is 4.26. The van der Waals surface area contributed by atoms with E-state index in [1.165, 1.54) is 4.31 Å². The highest BCUT2D eigenvalue weighted by Crippen LogP contribution is 2.11. The molecule has 2 rings (SSSR count). The van der Waals surface area contributed by atoms with E-state index in [-0.39, 0.29) is 11.7 Å². The van der Waals surface area contributed by atoms with Crippen molar-refractivity contribution in [1.29, 1.82) is 0 Å². The first-order valence-electron chi connectivity index (χ1n) is 6.44. The monoisotopic (exact) mass is 285 g/mol. The van der Waals surface area contributed by atoms with Gasteiger partial charge in [0.1, 0.15) is 0 Å². The van der Waals surface area contributed by atoms with Crippen LogP contribution in [0.4, 0.5) is 0 Å². The Balaban J connectivity index is 2.03. The van der Waals surface area contributed by atoms with E-state index in [4.69, 9.17) is 0 Å². The summed E-state index contributed by atoms with van der Waals surface area (Å²) in [7, 11) is -3.16. The number of H-pyrrole nitrogens is 1. The van der Waals surface area contributed by atoms with Gasteiger partial charge in [0.15, 0.2) is 0 Å². The summed E-state index contributed by atoms with van der Waals surface area (Å²) in [4.78, 5) is 16.7. The molecule has 0 spiro atoms. The zero-order valence-corrected chi connectivity index (χ0v) is 11.8. The van der Waals surface area contributed by atoms with Crippen LogP contribution in [0.25, 0.3) is 0 Å². The second-order valence-electron chi connectivity index (χ2n) is 4.55. The summed E-state index contributed by atoms with van der Waals surface area (Å²) < 4.78 is 25.1. The third kappa shape index (κ3) is 3.16. The molecule has 1 N–H and O–H groups in total. The van der Waals surface area contributed by atoms with E-state index < -0.39 is 10.0 Å². The number of amides is 1. The molecule has 106 valence electrons. The molecular weight excluding hydrogens is 266 g/mol. The molecule has 0 radical (unpaired) electrons. The fraction of sp³-hybridized carbons (Fsp3) is 0.583. The summed E-state index contributed by atoms with van der Waals surface area (Å²) in [6.45, 7) is 3.56. The average molecular weight is 285 g/mol. The van der Waals surface area contributed by atoms with Crippen LogP contribution in [0, 0.1) is 0 Å². The first-order chi connectivity index (χ1) is 9.04. The standard InChI is InChI=1S/C12H19N3O3S/c1-2-19(17,18)15-7-3-6-14(8-9-15)12(16)11-4-5-13-10-11/h4-5,10,13H,2-3,6-9H2,1H3. The average Bonchev–Trinajstić information content (AvgIpc) is 2.81. The van der Waals surface area contributed by atoms with Crippen LogP contribution in [0.2, 0.25) is 0 Å². The molecule has 1 aliphatic heterocycles. The van der Waals surface area contributed by atoms with Crippen LogP contribution >= 0.6 is 0 Å². The summed E-state index contributed by atoms with van der Waals surface area (Å²) in [5, 5.41) is 0. The minimum absolute atomic E-state index is 0.0444. The summed E-state index contributed by atoms with van der Waals surface area (Å²) in [5.74, 6) is 0.0654. The van der Waals surface area contributed by atoms with Crippen molar-refractivity contribution in [2.24, 2.45) is 0 Å². The quantitative estimate of drug-likeness (QED) is 0.879. The van der Waals surface area contributed by atoms with Gasteiger partial charge in [0.2, 0.25) is 10.0 Å². The van der Waals surface area contributed by atoms with Crippen molar-refractivity contribution in [2.75, 3.05) is 31.9 Å². The highest BCUT2D eigenvalue weighted by molar-refractivity contribution is 7.89. The second-order valence-corrected chi connectivity index (χ2v) is 6.80. The lowest BCUT2D eigenvalue weighted by Crippen LogP contribution is -2.37. The van der Waals surface area contributed by atoms with Crippen LogP contribution < -0.4 is 0 Å². The molecule has 1 aromatic heterocycles. The summed E-state index contributed by atoms with van der Waals surface area (Å²) in [6, 6.07) is 1.73. The fourth-order valence-electron chi connectivity index (χ4n) is 2.20. The smallest absolute Gasteiger partial charge is 0.255 e. The lowest BCUT2D eigenvalue weighted by Gasteiger charge is -2.21. The molecule has 0 saturated carbocycles. The van der Waals surface area contributed by atoms with Gasteiger partial charge in [0, 0.05) is 38.6 Å². The van der Waals surface area contributed by atoms with Gasteiger partial charge in [-0.2, -0.15) is 0 Å². The number of nitrogens with zero attached hydrogens (tertiary/aromatic N) is 2. The number of aromatic amines is 1. The maximum Gasteiger partial charge on any atom is 0.255 e. The molecular formula is C12H19N3O3S. The number of aromatic nitrogens is 1. The Bertz CT molecular complexity index is 524. The van der Waals surface area contributed by atoms with E-state index in [2.05, 4.69) is 4.98 Å². The molecule has 0 aliphatic carbocycles. The number of carbonyl (C=O) groups excluding carboxylic acids is 1. The fourth-order valence-corrected chi connectivity index (χ4v) is 3.33. The van der Waals surface area contributed by atoms with E-state index in [1.807, 2.05) is 0 Å². The number of carbonyl (C=O) groups is 1. The Labute approximate surface area is 113 Å². The van der Waals surface area contributed by atoms with E-state index >= 15 is 0 Å². The Morgan fingerprint density at radius 1 is 1.32 bits per heavy atom. The van der Waals surface area contributed by atoms with Crippen molar-refractivity contribution >= 4 is 15.9 Å². The molecule has 0 unspecified atom stereocenters. The normalized spacial score (nSPS) is 18.3. The molecule has 6 nitrogen and oxygen atoms in total. The van der Waals surface area contributed by atoms with Gasteiger partial charge in [0.05, 0.1) is 11.3 Å². The number of hydrogen-bond acceptors (Lipinski definition) is 3. The number of nitrogens with one attached hydrogen (secondary N) is 1. The van der Waals surface area contributed by atoms with E-state index in [9.17, 15) is 13.2 Å². The van der Waals surface area contributed by atoms with Crippen molar-refractivity contribution < 1.29 is 13.2 Å². The summed E-state index contributed by atoms with van der Waals surface area (Å²) in [6.07, 6.45) is 4.04. The molecule has 19 heavy (non-hydrogen) atoms. The van der Waals surface area contributed by atoms with Crippen molar-refractivity contribution in [3.05, 3.63) is 24.0 Å². The summed E-state index contributed by atoms with van der Waals surface area (Å²) in [5.41, 5.74) is 0.617. The van der Waals surface area contributed by atoms with Gasteiger partial charge in [-0.15, -0.1) is 0 Å². The molecule has 2 heterocycles. The molecule has 0 bridgehead atoms. The minimum atomic E-state index is -3.16. The molecule has 1 amide bonds. The lowest BCUT2D eigenvalue weighted by molar-refractivity contribution is 0.0764. The van der Waals surface area contributed by atoms with Crippen molar-refractivity contribution in [3.8, 4) is 0 Å². The van der Waals surface area contributed by atoms with Crippen LogP contribution in [0.1, 0.15) is 23.7 Å². The Morgan fingerprint density at radius 3 is 2.74 bits per heavy atom. The van der Waals surface area contributed by atoms with Gasteiger partial charge in [-0.05, 0) is 19.4 Å². The molecule has 1 aliphatic rings. The van der Waals surface area contributed by atoms with Crippen molar-refractivity contribution in [2.45, 2.75) is 13.3 Å². The SMILES string of the molecule is CCS(=O)(=O)N1CCCN(C(=O)c2cc[nH]c2)CC1. The van der Waals surface area contributed by atoms with Crippen molar-refractivity contribution in [3.63, 3.8) is 0 Å². The highest BCUT2D eigenvalue weighted by atomic mass is 32.2.